The van der Waals surface area contributed by atoms with Crippen LogP contribution in [0.2, 0.25) is 0 Å². The van der Waals surface area contributed by atoms with E-state index >= 15 is 0 Å². The molecular weight excluding hydrogens is 354 g/mol. The lowest BCUT2D eigenvalue weighted by molar-refractivity contribution is -0.123. The van der Waals surface area contributed by atoms with Gasteiger partial charge >= 0.3 is 0 Å². The van der Waals surface area contributed by atoms with Gasteiger partial charge in [0.05, 0.1) is 12.7 Å². The molecule has 1 aliphatic rings. The van der Waals surface area contributed by atoms with Crippen LogP contribution >= 0.6 is 0 Å². The van der Waals surface area contributed by atoms with E-state index in [0.29, 0.717) is 32.6 Å². The Kier molecular flexibility index (Phi) is 7.61. The van der Waals surface area contributed by atoms with Gasteiger partial charge in [0.2, 0.25) is 11.8 Å². The first-order valence-electron chi connectivity index (χ1n) is 9.99. The van der Waals surface area contributed by atoms with Gasteiger partial charge in [0.1, 0.15) is 0 Å². The van der Waals surface area contributed by atoms with E-state index in [9.17, 15) is 9.59 Å². The third-order valence-electron chi connectivity index (χ3n) is 5.11. The van der Waals surface area contributed by atoms with Crippen LogP contribution in [-0.2, 0) is 16.1 Å². The molecule has 1 aromatic heterocycles. The summed E-state index contributed by atoms with van der Waals surface area (Å²) >= 11 is 0. The highest BCUT2D eigenvalue weighted by Gasteiger charge is 2.16. The predicted octanol–water partition coefficient (Wildman–Crippen LogP) is 1.80. The molecule has 1 saturated heterocycles. The van der Waals surface area contributed by atoms with E-state index in [-0.39, 0.29) is 17.7 Å². The second kappa shape index (κ2) is 10.6. The standard InChI is InChI=1S/C21H29N5O2/c27-20-8-7-19(18-5-2-1-3-6-18)9-11-23-21(28)16-26(12-4-10-22-20)15-17-13-24-25-14-17/h1-3,5-6,13-14,19H,4,7-12,15-16H2,(H,22,27)(H,23,28)(H,24,25). The summed E-state index contributed by atoms with van der Waals surface area (Å²) in [5.74, 6) is 0.400. The van der Waals surface area contributed by atoms with Crippen molar-refractivity contribution in [3.05, 3.63) is 53.9 Å². The number of nitrogens with zero attached hydrogens (tertiary/aromatic N) is 2. The van der Waals surface area contributed by atoms with Crippen molar-refractivity contribution in [3.63, 3.8) is 0 Å². The van der Waals surface area contributed by atoms with Crippen LogP contribution < -0.4 is 10.6 Å². The molecule has 0 aliphatic carbocycles. The van der Waals surface area contributed by atoms with Crippen molar-refractivity contribution >= 4 is 11.8 Å². The van der Waals surface area contributed by atoms with Crippen molar-refractivity contribution in [2.24, 2.45) is 0 Å². The lowest BCUT2D eigenvalue weighted by Crippen LogP contribution is -2.39. The number of carbonyl (C=O) groups excluding carboxylic acids is 2. The van der Waals surface area contributed by atoms with Gasteiger partial charge in [-0.15, -0.1) is 0 Å². The molecule has 2 aromatic rings. The Balaban J connectivity index is 1.62. The fourth-order valence-electron chi connectivity index (χ4n) is 3.61. The van der Waals surface area contributed by atoms with Gasteiger partial charge < -0.3 is 10.6 Å². The Morgan fingerprint density at radius 3 is 2.64 bits per heavy atom. The lowest BCUT2D eigenvalue weighted by atomic mass is 9.91. The minimum Gasteiger partial charge on any atom is -0.356 e. The summed E-state index contributed by atoms with van der Waals surface area (Å²) in [5.41, 5.74) is 2.26. The highest BCUT2D eigenvalue weighted by atomic mass is 16.2. The van der Waals surface area contributed by atoms with Crippen LogP contribution in [0.15, 0.2) is 42.7 Å². The van der Waals surface area contributed by atoms with Gasteiger partial charge in [-0.3, -0.25) is 19.6 Å². The molecule has 1 aliphatic heterocycles. The van der Waals surface area contributed by atoms with Crippen molar-refractivity contribution in [2.75, 3.05) is 26.2 Å². The summed E-state index contributed by atoms with van der Waals surface area (Å²) in [6, 6.07) is 10.2. The van der Waals surface area contributed by atoms with Crippen molar-refractivity contribution < 1.29 is 9.59 Å². The van der Waals surface area contributed by atoms with E-state index in [1.165, 1.54) is 5.56 Å². The third kappa shape index (κ3) is 6.49. The summed E-state index contributed by atoms with van der Waals surface area (Å²) in [6.45, 7) is 2.98. The Hall–Kier alpha value is -2.67. The molecular formula is C21H29N5O2. The fourth-order valence-corrected chi connectivity index (χ4v) is 3.61. The van der Waals surface area contributed by atoms with Crippen molar-refractivity contribution in [1.29, 1.82) is 0 Å². The Bertz CT molecular complexity index is 733. The minimum absolute atomic E-state index is 0.0383. The number of carbonyl (C=O) groups is 2. The molecule has 28 heavy (non-hydrogen) atoms. The molecule has 1 fully saturated rings. The monoisotopic (exact) mass is 383 g/mol. The Morgan fingerprint density at radius 1 is 1.04 bits per heavy atom. The number of aromatic amines is 1. The largest absolute Gasteiger partial charge is 0.356 e. The number of amides is 2. The van der Waals surface area contributed by atoms with Crippen LogP contribution in [0.1, 0.15) is 42.7 Å². The molecule has 3 rings (SSSR count). The minimum atomic E-state index is 0.0383. The molecule has 0 spiro atoms. The number of H-pyrrole nitrogens is 1. The summed E-state index contributed by atoms with van der Waals surface area (Å²) in [4.78, 5) is 26.7. The number of hydrogen-bond donors (Lipinski definition) is 3. The van der Waals surface area contributed by atoms with Crippen LogP contribution in [0.5, 0.6) is 0 Å². The predicted molar refractivity (Wildman–Crippen MR) is 108 cm³/mol. The summed E-state index contributed by atoms with van der Waals surface area (Å²) in [6.07, 6.45) is 6.54. The molecule has 1 atom stereocenters. The third-order valence-corrected chi connectivity index (χ3v) is 5.11. The molecule has 7 nitrogen and oxygen atoms in total. The average molecular weight is 383 g/mol. The molecule has 2 amide bonds. The highest BCUT2D eigenvalue weighted by molar-refractivity contribution is 5.78. The number of nitrogens with one attached hydrogen (secondary N) is 3. The molecule has 3 N–H and O–H groups in total. The lowest BCUT2D eigenvalue weighted by Gasteiger charge is -2.23. The number of rotatable bonds is 3. The number of aromatic nitrogens is 2. The molecule has 0 radical (unpaired) electrons. The molecule has 2 heterocycles. The zero-order valence-electron chi connectivity index (χ0n) is 16.2. The second-order valence-corrected chi connectivity index (χ2v) is 7.31. The molecule has 1 unspecified atom stereocenters. The van der Waals surface area contributed by atoms with E-state index in [1.54, 1.807) is 6.20 Å². The maximum absolute atomic E-state index is 12.4. The first kappa shape index (κ1) is 20.1. The first-order chi connectivity index (χ1) is 13.7. The van der Waals surface area contributed by atoms with Crippen LogP contribution in [-0.4, -0.2) is 53.1 Å². The Labute approximate surface area is 165 Å². The smallest absolute Gasteiger partial charge is 0.234 e. The molecule has 0 saturated carbocycles. The fraction of sp³-hybridized carbons (Fsp3) is 0.476. The van der Waals surface area contributed by atoms with Gasteiger partial charge in [0.25, 0.3) is 0 Å². The van der Waals surface area contributed by atoms with Gasteiger partial charge in [-0.05, 0) is 30.7 Å². The van der Waals surface area contributed by atoms with Gasteiger partial charge in [-0.25, -0.2) is 0 Å². The maximum atomic E-state index is 12.4. The highest BCUT2D eigenvalue weighted by Crippen LogP contribution is 2.24. The van der Waals surface area contributed by atoms with Gasteiger partial charge in [0, 0.05) is 44.4 Å². The average Bonchev–Trinajstić information content (AvgIpc) is 3.21. The molecule has 150 valence electrons. The van der Waals surface area contributed by atoms with E-state index < -0.39 is 0 Å². The van der Waals surface area contributed by atoms with E-state index in [1.807, 2.05) is 24.4 Å². The normalized spacial score (nSPS) is 20.8. The van der Waals surface area contributed by atoms with Crippen molar-refractivity contribution in [1.82, 2.24) is 25.7 Å². The van der Waals surface area contributed by atoms with E-state index in [4.69, 9.17) is 0 Å². The maximum Gasteiger partial charge on any atom is 0.234 e. The first-order valence-corrected chi connectivity index (χ1v) is 9.99. The summed E-state index contributed by atoms with van der Waals surface area (Å²) in [7, 11) is 0. The molecule has 0 bridgehead atoms. The van der Waals surface area contributed by atoms with Crippen molar-refractivity contribution in [3.8, 4) is 0 Å². The van der Waals surface area contributed by atoms with Gasteiger partial charge in [-0.1, -0.05) is 30.3 Å². The van der Waals surface area contributed by atoms with Crippen LogP contribution in [0.4, 0.5) is 0 Å². The second-order valence-electron chi connectivity index (χ2n) is 7.31. The molecule has 7 heteroatoms. The van der Waals surface area contributed by atoms with Crippen LogP contribution in [0.25, 0.3) is 0 Å². The SMILES string of the molecule is O=C1CCC(c2ccccc2)CCNC(=O)CN(Cc2cn[nH]c2)CCCN1. The van der Waals surface area contributed by atoms with E-state index in [2.05, 4.69) is 37.9 Å². The number of hydrogen-bond acceptors (Lipinski definition) is 4. The van der Waals surface area contributed by atoms with Gasteiger partial charge in [-0.2, -0.15) is 5.10 Å². The number of benzene rings is 1. The van der Waals surface area contributed by atoms with Crippen LogP contribution in [0.3, 0.4) is 0 Å². The summed E-state index contributed by atoms with van der Waals surface area (Å²) < 4.78 is 0. The summed E-state index contributed by atoms with van der Waals surface area (Å²) in [5, 5.41) is 12.8. The zero-order chi connectivity index (χ0) is 19.6. The molecule has 1 aromatic carbocycles. The Morgan fingerprint density at radius 2 is 1.86 bits per heavy atom. The van der Waals surface area contributed by atoms with Crippen molar-refractivity contribution in [2.45, 2.75) is 38.1 Å². The quantitative estimate of drug-likeness (QED) is 0.754. The topological polar surface area (TPSA) is 90.1 Å². The van der Waals surface area contributed by atoms with Gasteiger partial charge in [0.15, 0.2) is 0 Å². The zero-order valence-corrected chi connectivity index (χ0v) is 16.2. The van der Waals surface area contributed by atoms with E-state index in [0.717, 1.165) is 31.4 Å². The van der Waals surface area contributed by atoms with Crippen LogP contribution in [0, 0.1) is 0 Å².